The lowest BCUT2D eigenvalue weighted by Crippen LogP contribution is -2.32. The smallest absolute Gasteiger partial charge is 0.248 e. The molecule has 0 aliphatic carbocycles. The quantitative estimate of drug-likeness (QED) is 0.152. The number of carbonyl (C=O) groups is 1. The Balaban J connectivity index is 0.965. The molecule has 0 spiro atoms. The number of ether oxygens (including phenoxy) is 3. The number of amides is 1. The Morgan fingerprint density at radius 3 is 2.45 bits per heavy atom. The largest absolute Gasteiger partial charge is 0.507 e. The lowest BCUT2D eigenvalue weighted by molar-refractivity contribution is -0.111. The molecule has 2 aromatic heterocycles. The summed E-state index contributed by atoms with van der Waals surface area (Å²) in [6.45, 7) is 2.83. The van der Waals surface area contributed by atoms with Crippen LogP contribution < -0.4 is 19.5 Å². The maximum Gasteiger partial charge on any atom is 0.248 e. The first kappa shape index (κ1) is 31.3. The summed E-state index contributed by atoms with van der Waals surface area (Å²) >= 11 is 0. The summed E-state index contributed by atoms with van der Waals surface area (Å²) in [5.41, 5.74) is 6.57. The minimum absolute atomic E-state index is 0.0638. The molecule has 0 saturated carbocycles. The van der Waals surface area contributed by atoms with Crippen LogP contribution in [0.1, 0.15) is 22.3 Å². The van der Waals surface area contributed by atoms with Gasteiger partial charge in [0.15, 0.2) is 11.5 Å². The Morgan fingerprint density at radius 2 is 1.74 bits per heavy atom. The number of aromatic nitrogens is 2. The lowest BCUT2D eigenvalue weighted by Gasteiger charge is -2.29. The second kappa shape index (κ2) is 14.6. The molecule has 1 aliphatic rings. The number of fused-ring (bicyclic) bond motifs is 1. The molecule has 47 heavy (non-hydrogen) atoms. The summed E-state index contributed by atoms with van der Waals surface area (Å²) < 4.78 is 16.7. The van der Waals surface area contributed by atoms with Crippen LogP contribution in [0.25, 0.3) is 17.3 Å². The fourth-order valence-corrected chi connectivity index (χ4v) is 5.52. The summed E-state index contributed by atoms with van der Waals surface area (Å²) in [5, 5.41) is 13.3. The van der Waals surface area contributed by atoms with Crippen LogP contribution in [0.5, 0.6) is 28.9 Å². The number of pyridine rings is 2. The number of carbonyl (C=O) groups excluding carboxylic acids is 1. The van der Waals surface area contributed by atoms with Gasteiger partial charge in [-0.05, 0) is 95.8 Å². The van der Waals surface area contributed by atoms with E-state index in [9.17, 15) is 9.90 Å². The van der Waals surface area contributed by atoms with Crippen LogP contribution in [-0.2, 0) is 24.2 Å². The highest BCUT2D eigenvalue weighted by molar-refractivity contribution is 6.01. The van der Waals surface area contributed by atoms with Crippen molar-refractivity contribution in [2.75, 3.05) is 32.6 Å². The van der Waals surface area contributed by atoms with Crippen molar-refractivity contribution in [3.8, 4) is 40.1 Å². The van der Waals surface area contributed by atoms with Crippen molar-refractivity contribution in [3.63, 3.8) is 0 Å². The Labute approximate surface area is 274 Å². The summed E-state index contributed by atoms with van der Waals surface area (Å²) in [7, 11) is 3.34. The lowest BCUT2D eigenvalue weighted by atomic mass is 9.98. The maximum absolute atomic E-state index is 12.6. The first-order valence-corrected chi connectivity index (χ1v) is 15.4. The van der Waals surface area contributed by atoms with Crippen LogP contribution in [0.15, 0.2) is 103 Å². The van der Waals surface area contributed by atoms with Crippen molar-refractivity contribution in [3.05, 3.63) is 126 Å². The van der Waals surface area contributed by atoms with Crippen LogP contribution in [0, 0.1) is 0 Å². The normalized spacial score (nSPS) is 12.8. The standard InChI is InChI=1S/C38H36N4O5/c1-45-35-21-28-17-20-42(25-29(28)22-36(35)46-2)19-16-26-6-10-30(11-7-26)41-37(44)14-8-27-9-15-38(40-24-27)47-31-12-13-32(34(43)23-31)33-5-3-4-18-39-33/h3-15,18,21-24,43H,16-17,19-20,25H2,1-2H3,(H,41,44)/b14-8+. The molecule has 9 nitrogen and oxygen atoms in total. The van der Waals surface area contributed by atoms with E-state index in [1.54, 1.807) is 57.0 Å². The van der Waals surface area contributed by atoms with E-state index < -0.39 is 0 Å². The van der Waals surface area contributed by atoms with Crippen molar-refractivity contribution in [1.29, 1.82) is 0 Å². The van der Waals surface area contributed by atoms with E-state index in [1.807, 2.05) is 30.3 Å². The number of nitrogens with zero attached hydrogens (tertiary/aromatic N) is 3. The molecular formula is C38H36N4O5. The first-order valence-electron chi connectivity index (χ1n) is 15.4. The second-order valence-corrected chi connectivity index (χ2v) is 11.2. The van der Waals surface area contributed by atoms with Crippen LogP contribution in [0.2, 0.25) is 0 Å². The Bertz CT molecular complexity index is 1860. The van der Waals surface area contributed by atoms with E-state index >= 15 is 0 Å². The van der Waals surface area contributed by atoms with Gasteiger partial charge in [-0.3, -0.25) is 14.7 Å². The third-order valence-corrected chi connectivity index (χ3v) is 8.05. The topological polar surface area (TPSA) is 106 Å². The number of benzene rings is 3. The van der Waals surface area contributed by atoms with Gasteiger partial charge in [0, 0.05) is 61.5 Å². The zero-order valence-electron chi connectivity index (χ0n) is 26.3. The minimum atomic E-state index is -0.236. The van der Waals surface area contributed by atoms with Gasteiger partial charge >= 0.3 is 0 Å². The summed E-state index contributed by atoms with van der Waals surface area (Å²) in [6, 6.07) is 26.2. The average Bonchev–Trinajstić information content (AvgIpc) is 3.10. The number of phenols is 1. The van der Waals surface area contributed by atoms with Gasteiger partial charge in [-0.2, -0.15) is 0 Å². The number of methoxy groups -OCH3 is 2. The SMILES string of the molecule is COc1cc2c(cc1OC)CN(CCc1ccc(NC(=O)/C=C/c3ccc(Oc4ccc(-c5ccccn5)c(O)c4)nc3)cc1)CC2. The predicted molar refractivity (Wildman–Crippen MR) is 182 cm³/mol. The van der Waals surface area contributed by atoms with Gasteiger partial charge in [0.2, 0.25) is 11.8 Å². The van der Waals surface area contributed by atoms with E-state index in [-0.39, 0.29) is 11.7 Å². The van der Waals surface area contributed by atoms with E-state index in [4.69, 9.17) is 14.2 Å². The highest BCUT2D eigenvalue weighted by Crippen LogP contribution is 2.34. The van der Waals surface area contributed by atoms with Gasteiger partial charge in [0.25, 0.3) is 0 Å². The predicted octanol–water partition coefficient (Wildman–Crippen LogP) is 6.91. The molecule has 238 valence electrons. The highest BCUT2D eigenvalue weighted by Gasteiger charge is 2.19. The van der Waals surface area contributed by atoms with Gasteiger partial charge < -0.3 is 24.6 Å². The van der Waals surface area contributed by atoms with E-state index in [0.717, 1.165) is 55.2 Å². The molecular weight excluding hydrogens is 592 g/mol. The number of rotatable bonds is 11. The second-order valence-electron chi connectivity index (χ2n) is 11.2. The molecule has 1 amide bonds. The molecule has 6 rings (SSSR count). The fourth-order valence-electron chi connectivity index (χ4n) is 5.52. The maximum atomic E-state index is 12.6. The van der Waals surface area contributed by atoms with Crippen molar-refractivity contribution >= 4 is 17.7 Å². The van der Waals surface area contributed by atoms with Crippen LogP contribution in [0.3, 0.4) is 0 Å². The number of aromatic hydroxyl groups is 1. The summed E-state index contributed by atoms with van der Waals surface area (Å²) in [5.74, 6) is 2.19. The third-order valence-electron chi connectivity index (χ3n) is 8.05. The Morgan fingerprint density at radius 1 is 0.936 bits per heavy atom. The van der Waals surface area contributed by atoms with Crippen molar-refractivity contribution in [2.24, 2.45) is 0 Å². The average molecular weight is 629 g/mol. The highest BCUT2D eigenvalue weighted by atomic mass is 16.5. The number of nitrogens with one attached hydrogen (secondary N) is 1. The molecule has 1 aliphatic heterocycles. The monoisotopic (exact) mass is 628 g/mol. The van der Waals surface area contributed by atoms with E-state index in [0.29, 0.717) is 22.9 Å². The number of phenolic OH excluding ortho intramolecular Hbond substituents is 1. The zero-order chi connectivity index (χ0) is 32.6. The van der Waals surface area contributed by atoms with Crippen LogP contribution in [0.4, 0.5) is 5.69 Å². The molecule has 9 heteroatoms. The first-order chi connectivity index (χ1) is 23.0. The number of hydrogen-bond donors (Lipinski definition) is 2. The molecule has 2 N–H and O–H groups in total. The molecule has 3 aromatic carbocycles. The number of anilines is 1. The molecule has 3 heterocycles. The molecule has 0 saturated heterocycles. The van der Waals surface area contributed by atoms with Gasteiger partial charge in [-0.1, -0.05) is 18.2 Å². The minimum Gasteiger partial charge on any atom is -0.507 e. The molecule has 0 unspecified atom stereocenters. The van der Waals surface area contributed by atoms with Crippen LogP contribution in [-0.4, -0.2) is 53.2 Å². The van der Waals surface area contributed by atoms with Gasteiger partial charge in [-0.25, -0.2) is 4.98 Å². The van der Waals surface area contributed by atoms with E-state index in [1.165, 1.54) is 28.8 Å². The molecule has 5 aromatic rings. The molecule has 0 bridgehead atoms. The fraction of sp³-hybridized carbons (Fsp3) is 0.184. The van der Waals surface area contributed by atoms with Gasteiger partial charge in [-0.15, -0.1) is 0 Å². The van der Waals surface area contributed by atoms with Gasteiger partial charge in [0.05, 0.1) is 19.9 Å². The van der Waals surface area contributed by atoms with E-state index in [2.05, 4.69) is 44.5 Å². The van der Waals surface area contributed by atoms with Crippen molar-refractivity contribution in [1.82, 2.24) is 14.9 Å². The Hall–Kier alpha value is -5.67. The summed E-state index contributed by atoms with van der Waals surface area (Å²) in [4.78, 5) is 23.6. The van der Waals surface area contributed by atoms with Crippen LogP contribution >= 0.6 is 0 Å². The van der Waals surface area contributed by atoms with Crippen molar-refractivity contribution < 1.29 is 24.1 Å². The number of hydrogen-bond acceptors (Lipinski definition) is 8. The van der Waals surface area contributed by atoms with Crippen molar-refractivity contribution in [2.45, 2.75) is 19.4 Å². The summed E-state index contributed by atoms with van der Waals surface area (Å²) in [6.07, 6.45) is 8.35. The molecule has 0 radical (unpaired) electrons. The third kappa shape index (κ3) is 7.95. The Kier molecular flexibility index (Phi) is 9.74. The molecule has 0 fully saturated rings. The zero-order valence-corrected chi connectivity index (χ0v) is 26.3. The van der Waals surface area contributed by atoms with Gasteiger partial charge in [0.1, 0.15) is 11.5 Å². The molecule has 0 atom stereocenters.